The molecule has 1 heterocycles. The van der Waals surface area contributed by atoms with Gasteiger partial charge in [-0.15, -0.1) is 0 Å². The molecule has 0 radical (unpaired) electrons. The first-order valence-corrected chi connectivity index (χ1v) is 3.46. The summed E-state index contributed by atoms with van der Waals surface area (Å²) < 4.78 is 0. The van der Waals surface area contributed by atoms with Crippen LogP contribution in [0.4, 0.5) is 0 Å². The van der Waals surface area contributed by atoms with Crippen molar-refractivity contribution in [3.8, 4) is 0 Å². The minimum atomic E-state index is 0.390. The van der Waals surface area contributed by atoms with Gasteiger partial charge in [-0.3, -0.25) is 4.79 Å². The second kappa shape index (κ2) is 2.48. The van der Waals surface area contributed by atoms with Crippen molar-refractivity contribution in [2.24, 2.45) is 0 Å². The van der Waals surface area contributed by atoms with Gasteiger partial charge >= 0.3 is 0 Å². The lowest BCUT2D eigenvalue weighted by Gasteiger charge is -2.24. The van der Waals surface area contributed by atoms with Gasteiger partial charge in [0.2, 0.25) is 0 Å². The Balaban J connectivity index is 2.43. The maximum Gasteiger partial charge on any atom is 0.135 e. The van der Waals surface area contributed by atoms with Gasteiger partial charge in [0.1, 0.15) is 5.78 Å². The van der Waals surface area contributed by atoms with Gasteiger partial charge in [-0.05, 0) is 13.8 Å². The Bertz CT molecular complexity index is 110. The fraction of sp³-hybridized carbons (Fsp3) is 0.857. The Kier molecular flexibility index (Phi) is 1.86. The number of nitrogens with one attached hydrogen (secondary N) is 1. The molecular formula is C7H13NO. The van der Waals surface area contributed by atoms with Crippen LogP contribution in [-0.2, 0) is 4.79 Å². The molecule has 1 aliphatic rings. The second-order valence-electron chi connectivity index (χ2n) is 2.92. The van der Waals surface area contributed by atoms with E-state index in [9.17, 15) is 4.79 Å². The summed E-state index contributed by atoms with van der Waals surface area (Å²) in [7, 11) is 0. The molecule has 1 fully saturated rings. The highest BCUT2D eigenvalue weighted by Crippen LogP contribution is 2.07. The van der Waals surface area contributed by atoms with Crippen LogP contribution in [0.3, 0.4) is 0 Å². The smallest absolute Gasteiger partial charge is 0.135 e. The van der Waals surface area contributed by atoms with Gasteiger partial charge < -0.3 is 5.32 Å². The molecule has 0 aromatic heterocycles. The molecule has 2 nitrogen and oxygen atoms in total. The molecule has 0 aromatic rings. The van der Waals surface area contributed by atoms with Crippen LogP contribution in [0, 0.1) is 0 Å². The number of hydrogen-bond acceptors (Lipinski definition) is 2. The highest BCUT2D eigenvalue weighted by molar-refractivity contribution is 5.80. The third-order valence-corrected chi connectivity index (χ3v) is 1.64. The zero-order valence-corrected chi connectivity index (χ0v) is 5.98. The fourth-order valence-electron chi connectivity index (χ4n) is 1.37. The van der Waals surface area contributed by atoms with Gasteiger partial charge in [0.05, 0.1) is 0 Å². The lowest BCUT2D eigenvalue weighted by molar-refractivity contribution is -0.121. The molecule has 0 spiro atoms. The van der Waals surface area contributed by atoms with E-state index in [1.165, 1.54) is 0 Å². The zero-order chi connectivity index (χ0) is 6.85. The molecule has 0 saturated carbocycles. The predicted octanol–water partition coefficient (Wildman–Crippen LogP) is 0.716. The summed E-state index contributed by atoms with van der Waals surface area (Å²) in [6.45, 7) is 4.10. The average molecular weight is 127 g/mol. The zero-order valence-electron chi connectivity index (χ0n) is 5.98. The molecule has 0 bridgehead atoms. The van der Waals surface area contributed by atoms with Crippen molar-refractivity contribution in [3.63, 3.8) is 0 Å². The fourth-order valence-corrected chi connectivity index (χ4v) is 1.37. The molecular weight excluding hydrogens is 114 g/mol. The number of piperidine rings is 1. The van der Waals surface area contributed by atoms with Crippen molar-refractivity contribution >= 4 is 5.78 Å². The van der Waals surface area contributed by atoms with E-state index in [0.29, 0.717) is 30.7 Å². The van der Waals surface area contributed by atoms with E-state index >= 15 is 0 Å². The van der Waals surface area contributed by atoms with Crippen LogP contribution in [0.2, 0.25) is 0 Å². The summed E-state index contributed by atoms with van der Waals surface area (Å²) in [6, 6.07) is 0.780. The first-order valence-electron chi connectivity index (χ1n) is 3.46. The molecule has 1 aliphatic heterocycles. The van der Waals surface area contributed by atoms with Gasteiger partial charge in [-0.25, -0.2) is 0 Å². The summed E-state index contributed by atoms with van der Waals surface area (Å²) in [5.74, 6) is 0.397. The summed E-state index contributed by atoms with van der Waals surface area (Å²) >= 11 is 0. The maximum atomic E-state index is 10.8. The Hall–Kier alpha value is -0.370. The lowest BCUT2D eigenvalue weighted by atomic mass is 10.00. The van der Waals surface area contributed by atoms with Crippen LogP contribution in [0.5, 0.6) is 0 Å². The van der Waals surface area contributed by atoms with E-state index in [0.717, 1.165) is 0 Å². The summed E-state index contributed by atoms with van der Waals surface area (Å²) in [5, 5.41) is 3.29. The normalized spacial score (nSPS) is 36.9. The highest BCUT2D eigenvalue weighted by atomic mass is 16.1. The molecule has 52 valence electrons. The van der Waals surface area contributed by atoms with Crippen molar-refractivity contribution in [1.82, 2.24) is 5.32 Å². The molecule has 0 unspecified atom stereocenters. The average Bonchev–Trinajstić information content (AvgIpc) is 1.59. The van der Waals surface area contributed by atoms with Crippen LogP contribution in [-0.4, -0.2) is 17.9 Å². The molecule has 0 aliphatic carbocycles. The maximum absolute atomic E-state index is 10.8. The number of ketones is 1. The van der Waals surface area contributed by atoms with E-state index in [1.54, 1.807) is 0 Å². The Morgan fingerprint density at radius 3 is 2.11 bits per heavy atom. The Morgan fingerprint density at radius 2 is 1.78 bits per heavy atom. The van der Waals surface area contributed by atoms with Gasteiger partial charge in [-0.2, -0.15) is 0 Å². The first kappa shape index (κ1) is 6.75. The summed E-state index contributed by atoms with van der Waals surface area (Å²) in [4.78, 5) is 10.8. The van der Waals surface area contributed by atoms with Gasteiger partial charge in [0, 0.05) is 24.9 Å². The minimum absolute atomic E-state index is 0.390. The van der Waals surface area contributed by atoms with E-state index in [-0.39, 0.29) is 0 Å². The third-order valence-electron chi connectivity index (χ3n) is 1.64. The lowest BCUT2D eigenvalue weighted by Crippen LogP contribution is -2.42. The second-order valence-corrected chi connectivity index (χ2v) is 2.92. The molecule has 1 N–H and O–H groups in total. The predicted molar refractivity (Wildman–Crippen MR) is 36.3 cm³/mol. The first-order chi connectivity index (χ1) is 4.18. The number of rotatable bonds is 0. The number of Topliss-reactive ketones (excluding diaryl/α,β-unsaturated/α-hetero) is 1. The number of carbonyl (C=O) groups is 1. The number of carbonyl (C=O) groups excluding carboxylic acids is 1. The van der Waals surface area contributed by atoms with E-state index in [2.05, 4.69) is 5.32 Å². The Morgan fingerprint density at radius 1 is 1.33 bits per heavy atom. The van der Waals surface area contributed by atoms with Gasteiger partial charge in [0.15, 0.2) is 0 Å². The number of hydrogen-bond donors (Lipinski definition) is 1. The minimum Gasteiger partial charge on any atom is -0.311 e. The monoisotopic (exact) mass is 127 g/mol. The molecule has 0 aromatic carbocycles. The van der Waals surface area contributed by atoms with E-state index in [1.807, 2.05) is 13.8 Å². The van der Waals surface area contributed by atoms with Crippen molar-refractivity contribution in [2.45, 2.75) is 38.8 Å². The van der Waals surface area contributed by atoms with Crippen molar-refractivity contribution in [2.75, 3.05) is 0 Å². The van der Waals surface area contributed by atoms with Gasteiger partial charge in [0.25, 0.3) is 0 Å². The molecule has 9 heavy (non-hydrogen) atoms. The molecule has 1 saturated heterocycles. The summed E-state index contributed by atoms with van der Waals surface area (Å²) in [5.41, 5.74) is 0. The van der Waals surface area contributed by atoms with E-state index in [4.69, 9.17) is 0 Å². The van der Waals surface area contributed by atoms with Crippen LogP contribution in [0.25, 0.3) is 0 Å². The highest BCUT2D eigenvalue weighted by Gasteiger charge is 2.19. The van der Waals surface area contributed by atoms with Crippen LogP contribution < -0.4 is 5.32 Å². The Labute approximate surface area is 55.6 Å². The molecule has 2 heteroatoms. The van der Waals surface area contributed by atoms with Crippen molar-refractivity contribution in [3.05, 3.63) is 0 Å². The van der Waals surface area contributed by atoms with Gasteiger partial charge in [-0.1, -0.05) is 0 Å². The standard InChI is InChI=1S/C7H13NO/c1-5-3-7(9)4-6(2)8-5/h5-6,8H,3-4H2,1-2H3/t5-,6+. The van der Waals surface area contributed by atoms with Crippen molar-refractivity contribution in [1.29, 1.82) is 0 Å². The van der Waals surface area contributed by atoms with Crippen LogP contribution in [0.15, 0.2) is 0 Å². The van der Waals surface area contributed by atoms with E-state index < -0.39 is 0 Å². The van der Waals surface area contributed by atoms with Crippen LogP contribution >= 0.6 is 0 Å². The SMILES string of the molecule is C[C@@H]1CC(=O)C[C@H](C)N1. The molecule has 2 atom stereocenters. The van der Waals surface area contributed by atoms with Crippen molar-refractivity contribution < 1.29 is 4.79 Å². The third kappa shape index (κ3) is 1.79. The van der Waals surface area contributed by atoms with Crippen LogP contribution in [0.1, 0.15) is 26.7 Å². The largest absolute Gasteiger partial charge is 0.311 e. The topological polar surface area (TPSA) is 29.1 Å². The molecule has 1 rings (SSSR count). The summed E-state index contributed by atoms with van der Waals surface area (Å²) in [6.07, 6.45) is 1.43. The molecule has 0 amide bonds. The quantitative estimate of drug-likeness (QED) is 0.519.